The molecule has 0 spiro atoms. The first kappa shape index (κ1) is 18.4. The van der Waals surface area contributed by atoms with Crippen LogP contribution in [0, 0.1) is 0 Å². The molecule has 0 aromatic heterocycles. The summed E-state index contributed by atoms with van der Waals surface area (Å²) in [5, 5.41) is 0. The molecular formula is C24H22N2OS. The molecule has 4 rings (SSSR count). The maximum atomic E-state index is 5.30. The van der Waals surface area contributed by atoms with Crippen LogP contribution in [0.25, 0.3) is 6.08 Å². The Morgan fingerprint density at radius 1 is 0.893 bits per heavy atom. The minimum absolute atomic E-state index is 0.845. The zero-order chi connectivity index (χ0) is 19.5. The summed E-state index contributed by atoms with van der Waals surface area (Å²) in [7, 11) is 5.79. The van der Waals surface area contributed by atoms with Crippen molar-refractivity contribution in [2.45, 2.75) is 4.90 Å². The summed E-state index contributed by atoms with van der Waals surface area (Å²) in [5.74, 6) is 0.845. The van der Waals surface area contributed by atoms with Crippen LogP contribution in [0.2, 0.25) is 0 Å². The lowest BCUT2D eigenvalue weighted by molar-refractivity contribution is 0.415. The summed E-state index contributed by atoms with van der Waals surface area (Å²) < 4.78 is 5.30. The van der Waals surface area contributed by atoms with Gasteiger partial charge in [-0.05, 0) is 60.2 Å². The minimum atomic E-state index is 0.845. The van der Waals surface area contributed by atoms with Crippen LogP contribution in [0.1, 0.15) is 11.1 Å². The number of para-hydroxylation sites is 1. The van der Waals surface area contributed by atoms with Crippen LogP contribution in [0.3, 0.4) is 0 Å². The van der Waals surface area contributed by atoms with E-state index in [-0.39, 0.29) is 0 Å². The van der Waals surface area contributed by atoms with Gasteiger partial charge in [0.2, 0.25) is 0 Å². The average molecular weight is 387 g/mol. The molecule has 3 aromatic carbocycles. The number of fused-ring (bicyclic) bond motifs is 1. The fourth-order valence-electron chi connectivity index (χ4n) is 3.05. The van der Waals surface area contributed by atoms with Crippen LogP contribution in [-0.2, 0) is 0 Å². The second kappa shape index (κ2) is 7.95. The summed E-state index contributed by atoms with van der Waals surface area (Å²) in [6.07, 6.45) is 2.21. The fourth-order valence-corrected chi connectivity index (χ4v) is 4.11. The third-order valence-electron chi connectivity index (χ3n) is 4.62. The molecule has 0 unspecified atom stereocenters. The van der Waals surface area contributed by atoms with Crippen molar-refractivity contribution in [2.24, 2.45) is 4.99 Å². The van der Waals surface area contributed by atoms with Crippen LogP contribution in [-0.4, -0.2) is 26.9 Å². The predicted molar refractivity (Wildman–Crippen MR) is 120 cm³/mol. The number of hydrogen-bond donors (Lipinski definition) is 0. The number of nitrogens with zero attached hydrogens (tertiary/aromatic N) is 2. The first-order valence-corrected chi connectivity index (χ1v) is 9.95. The third-order valence-corrected chi connectivity index (χ3v) is 5.72. The number of benzene rings is 3. The van der Waals surface area contributed by atoms with Gasteiger partial charge in [0.15, 0.2) is 0 Å². The van der Waals surface area contributed by atoms with Gasteiger partial charge in [0.05, 0.1) is 18.5 Å². The van der Waals surface area contributed by atoms with E-state index in [1.54, 1.807) is 18.9 Å². The Bertz CT molecular complexity index is 1030. The monoisotopic (exact) mass is 386 g/mol. The molecule has 0 radical (unpaired) electrons. The Kier molecular flexibility index (Phi) is 5.22. The molecule has 0 N–H and O–H groups in total. The van der Waals surface area contributed by atoms with E-state index in [0.717, 1.165) is 33.2 Å². The number of thioether (sulfide) groups is 1. The predicted octanol–water partition coefficient (Wildman–Crippen LogP) is 6.03. The average Bonchev–Trinajstić information content (AvgIpc) is 2.74. The summed E-state index contributed by atoms with van der Waals surface area (Å²) in [6, 6.07) is 24.9. The van der Waals surface area contributed by atoms with Gasteiger partial charge in [-0.25, -0.2) is 4.99 Å². The summed E-state index contributed by atoms with van der Waals surface area (Å²) >= 11 is 1.76. The van der Waals surface area contributed by atoms with E-state index >= 15 is 0 Å². The smallest absolute Gasteiger partial charge is 0.118 e. The lowest BCUT2D eigenvalue weighted by Gasteiger charge is -2.19. The fraction of sp³-hybridized carbons (Fsp3) is 0.125. The summed E-state index contributed by atoms with van der Waals surface area (Å²) in [4.78, 5) is 9.39. The van der Waals surface area contributed by atoms with Gasteiger partial charge >= 0.3 is 0 Å². The number of hydrogen-bond acceptors (Lipinski definition) is 4. The van der Waals surface area contributed by atoms with E-state index in [4.69, 9.17) is 9.73 Å². The number of ether oxygens (including phenoxy) is 1. The van der Waals surface area contributed by atoms with Crippen molar-refractivity contribution in [1.29, 1.82) is 0 Å². The van der Waals surface area contributed by atoms with Gasteiger partial charge in [0, 0.05) is 35.1 Å². The molecule has 0 aliphatic carbocycles. The molecule has 1 aliphatic rings. The van der Waals surface area contributed by atoms with Gasteiger partial charge < -0.3 is 9.64 Å². The van der Waals surface area contributed by atoms with Gasteiger partial charge in [-0.2, -0.15) is 0 Å². The Morgan fingerprint density at radius 3 is 2.29 bits per heavy atom. The topological polar surface area (TPSA) is 24.8 Å². The summed E-state index contributed by atoms with van der Waals surface area (Å²) in [6.45, 7) is 0. The molecule has 0 atom stereocenters. The van der Waals surface area contributed by atoms with Crippen LogP contribution >= 0.6 is 11.8 Å². The number of anilines is 1. The Balaban J connectivity index is 1.77. The molecule has 3 aromatic rings. The van der Waals surface area contributed by atoms with Crippen molar-refractivity contribution in [3.8, 4) is 5.75 Å². The number of rotatable bonds is 4. The van der Waals surface area contributed by atoms with Gasteiger partial charge in [-0.1, -0.05) is 36.0 Å². The molecule has 28 heavy (non-hydrogen) atoms. The second-order valence-corrected chi connectivity index (χ2v) is 7.84. The highest BCUT2D eigenvalue weighted by molar-refractivity contribution is 8.04. The van der Waals surface area contributed by atoms with Crippen LogP contribution in [0.15, 0.2) is 87.6 Å². The molecule has 0 saturated heterocycles. The van der Waals surface area contributed by atoms with Gasteiger partial charge in [-0.3, -0.25) is 0 Å². The molecule has 1 aliphatic heterocycles. The Hall–Kier alpha value is -2.98. The van der Waals surface area contributed by atoms with Crippen molar-refractivity contribution in [2.75, 3.05) is 26.1 Å². The van der Waals surface area contributed by atoms with E-state index < -0.39 is 0 Å². The second-order valence-electron chi connectivity index (χ2n) is 6.75. The molecule has 140 valence electrons. The van der Waals surface area contributed by atoms with Crippen LogP contribution in [0.4, 0.5) is 11.4 Å². The maximum absolute atomic E-state index is 5.30. The standard InChI is InChI=1S/C24H22N2OS/c1-26(2)19-12-8-17(9-13-19)16-23-24(18-10-14-20(27-3)15-11-18)25-21-6-4-5-7-22(21)28-23/h4-16H,1-3H3/b23-16+. The maximum Gasteiger partial charge on any atom is 0.118 e. The van der Waals surface area contributed by atoms with E-state index in [1.165, 1.54) is 10.6 Å². The Morgan fingerprint density at radius 2 is 1.61 bits per heavy atom. The van der Waals surface area contributed by atoms with E-state index in [2.05, 4.69) is 79.7 Å². The van der Waals surface area contributed by atoms with E-state index in [0.29, 0.717) is 0 Å². The van der Waals surface area contributed by atoms with Gasteiger partial charge in [-0.15, -0.1) is 0 Å². The van der Waals surface area contributed by atoms with Crippen molar-refractivity contribution in [1.82, 2.24) is 0 Å². The molecule has 3 nitrogen and oxygen atoms in total. The van der Waals surface area contributed by atoms with Crippen LogP contribution in [0.5, 0.6) is 5.75 Å². The molecule has 4 heteroatoms. The highest BCUT2D eigenvalue weighted by Crippen LogP contribution is 2.42. The zero-order valence-electron chi connectivity index (χ0n) is 16.2. The van der Waals surface area contributed by atoms with Gasteiger partial charge in [0.25, 0.3) is 0 Å². The lowest BCUT2D eigenvalue weighted by atomic mass is 10.1. The summed E-state index contributed by atoms with van der Waals surface area (Å²) in [5.41, 5.74) is 5.43. The quantitative estimate of drug-likeness (QED) is 0.547. The number of aliphatic imine (C=N–C) groups is 1. The minimum Gasteiger partial charge on any atom is -0.497 e. The highest BCUT2D eigenvalue weighted by atomic mass is 32.2. The van der Waals surface area contributed by atoms with Crippen molar-refractivity contribution in [3.63, 3.8) is 0 Å². The molecule has 0 amide bonds. The zero-order valence-corrected chi connectivity index (χ0v) is 17.0. The Labute approximate surface area is 170 Å². The van der Waals surface area contributed by atoms with Crippen molar-refractivity contribution < 1.29 is 4.74 Å². The number of allylic oxidation sites excluding steroid dienone is 1. The first-order valence-electron chi connectivity index (χ1n) is 9.13. The molecule has 0 saturated carbocycles. The lowest BCUT2D eigenvalue weighted by Crippen LogP contribution is -2.08. The molecule has 0 fully saturated rings. The van der Waals surface area contributed by atoms with Gasteiger partial charge in [0.1, 0.15) is 5.75 Å². The third kappa shape index (κ3) is 3.82. The van der Waals surface area contributed by atoms with E-state index in [1.807, 2.05) is 18.2 Å². The molecular weight excluding hydrogens is 364 g/mol. The number of methoxy groups -OCH3 is 1. The molecule has 0 bridgehead atoms. The normalized spacial score (nSPS) is 14.4. The van der Waals surface area contributed by atoms with E-state index in [9.17, 15) is 0 Å². The highest BCUT2D eigenvalue weighted by Gasteiger charge is 2.19. The van der Waals surface area contributed by atoms with Crippen LogP contribution < -0.4 is 9.64 Å². The van der Waals surface area contributed by atoms with Crippen molar-refractivity contribution >= 4 is 34.9 Å². The molecule has 1 heterocycles. The van der Waals surface area contributed by atoms with Crippen molar-refractivity contribution in [3.05, 3.63) is 88.8 Å². The first-order chi connectivity index (χ1) is 13.6. The largest absolute Gasteiger partial charge is 0.497 e. The SMILES string of the molecule is COc1ccc(C2=Nc3ccccc3S/C2=C/c2ccc(N(C)C)cc2)cc1.